The van der Waals surface area contributed by atoms with E-state index in [9.17, 15) is 14.4 Å². The van der Waals surface area contributed by atoms with E-state index in [1.54, 1.807) is 62.4 Å². The molecule has 1 aliphatic rings. The summed E-state index contributed by atoms with van der Waals surface area (Å²) in [5.41, 5.74) is 4.31. The van der Waals surface area contributed by atoms with E-state index in [4.69, 9.17) is 14.2 Å². The van der Waals surface area contributed by atoms with Gasteiger partial charge in [0.25, 0.3) is 11.8 Å². The van der Waals surface area contributed by atoms with E-state index in [0.717, 1.165) is 5.56 Å². The normalized spacial score (nSPS) is 13.7. The summed E-state index contributed by atoms with van der Waals surface area (Å²) in [6, 6.07) is 19.1. The Hall–Kier alpha value is -4.92. The molecule has 0 spiro atoms. The lowest BCUT2D eigenvalue weighted by molar-refractivity contribution is -0.118. The van der Waals surface area contributed by atoms with Crippen molar-refractivity contribution < 1.29 is 28.6 Å². The van der Waals surface area contributed by atoms with Gasteiger partial charge in [-0.2, -0.15) is 10.1 Å². The Morgan fingerprint density at radius 3 is 2.46 bits per heavy atom. The zero-order valence-electron chi connectivity index (χ0n) is 22.2. The molecule has 0 saturated heterocycles. The summed E-state index contributed by atoms with van der Waals surface area (Å²) in [6.45, 7) is 5.52. The van der Waals surface area contributed by atoms with Gasteiger partial charge in [0.1, 0.15) is 0 Å². The number of nitrogens with one attached hydrogen (secondary N) is 1. The highest BCUT2D eigenvalue weighted by Crippen LogP contribution is 2.31. The third-order valence-corrected chi connectivity index (χ3v) is 5.84. The average Bonchev–Trinajstić information content (AvgIpc) is 3.20. The fraction of sp³-hybridized carbons (Fsp3) is 0.200. The lowest BCUT2D eigenvalue weighted by atomic mass is 10.1. The average molecular weight is 528 g/mol. The molecule has 3 aromatic carbocycles. The smallest absolute Gasteiger partial charge is 0.338 e. The van der Waals surface area contributed by atoms with Crippen LogP contribution in [0.1, 0.15) is 35.3 Å². The molecule has 2 amide bonds. The SMILES string of the molecule is CCOC(=O)c1ccc(N2N=C(C)/C(=C/c3ccc(OCC(=O)Nc4cccc(C)c4)c(OC)c3)C2=O)cc1. The van der Waals surface area contributed by atoms with Crippen LogP contribution < -0.4 is 19.8 Å². The first-order chi connectivity index (χ1) is 18.8. The fourth-order valence-corrected chi connectivity index (χ4v) is 3.94. The summed E-state index contributed by atoms with van der Waals surface area (Å²) in [7, 11) is 1.50. The summed E-state index contributed by atoms with van der Waals surface area (Å²) in [4.78, 5) is 37.4. The molecule has 0 atom stereocenters. The van der Waals surface area contributed by atoms with E-state index in [1.165, 1.54) is 12.1 Å². The molecule has 0 aliphatic carbocycles. The highest BCUT2D eigenvalue weighted by Gasteiger charge is 2.29. The number of esters is 1. The molecule has 0 saturated carbocycles. The second-order valence-corrected chi connectivity index (χ2v) is 8.74. The van der Waals surface area contributed by atoms with Crippen molar-refractivity contribution in [2.75, 3.05) is 30.6 Å². The van der Waals surface area contributed by atoms with Crippen LogP contribution in [0.5, 0.6) is 11.5 Å². The number of hydrogen-bond acceptors (Lipinski definition) is 7. The van der Waals surface area contributed by atoms with E-state index >= 15 is 0 Å². The van der Waals surface area contributed by atoms with Crippen LogP contribution in [-0.2, 0) is 14.3 Å². The number of nitrogens with zero attached hydrogens (tertiary/aromatic N) is 2. The molecule has 0 unspecified atom stereocenters. The maximum Gasteiger partial charge on any atom is 0.338 e. The van der Waals surface area contributed by atoms with Gasteiger partial charge in [0.15, 0.2) is 18.1 Å². The molecular formula is C30H29N3O6. The van der Waals surface area contributed by atoms with Crippen LogP contribution in [0.25, 0.3) is 6.08 Å². The highest BCUT2D eigenvalue weighted by atomic mass is 16.5. The Bertz CT molecular complexity index is 1460. The topological polar surface area (TPSA) is 107 Å². The number of benzene rings is 3. The predicted molar refractivity (Wildman–Crippen MR) is 149 cm³/mol. The Morgan fingerprint density at radius 2 is 1.77 bits per heavy atom. The minimum atomic E-state index is -0.426. The molecule has 39 heavy (non-hydrogen) atoms. The minimum absolute atomic E-state index is 0.196. The molecule has 0 bridgehead atoms. The van der Waals surface area contributed by atoms with Crippen LogP contribution >= 0.6 is 0 Å². The Kier molecular flexibility index (Phi) is 8.40. The molecule has 0 fully saturated rings. The number of methoxy groups -OCH3 is 1. The van der Waals surface area contributed by atoms with Crippen molar-refractivity contribution in [2.24, 2.45) is 5.10 Å². The summed E-state index contributed by atoms with van der Waals surface area (Å²) in [5.74, 6) is -0.217. The number of ether oxygens (including phenoxy) is 3. The fourth-order valence-electron chi connectivity index (χ4n) is 3.94. The number of aryl methyl sites for hydroxylation is 1. The van der Waals surface area contributed by atoms with Gasteiger partial charge < -0.3 is 19.5 Å². The molecule has 0 aromatic heterocycles. The van der Waals surface area contributed by atoms with Gasteiger partial charge in [-0.1, -0.05) is 18.2 Å². The van der Waals surface area contributed by atoms with Crippen LogP contribution in [0, 0.1) is 6.92 Å². The van der Waals surface area contributed by atoms with E-state index in [0.29, 0.717) is 45.3 Å². The lowest BCUT2D eigenvalue weighted by Crippen LogP contribution is -2.21. The summed E-state index contributed by atoms with van der Waals surface area (Å²) < 4.78 is 16.1. The van der Waals surface area contributed by atoms with E-state index in [1.807, 2.05) is 31.2 Å². The largest absolute Gasteiger partial charge is 0.493 e. The van der Waals surface area contributed by atoms with Crippen LogP contribution in [0.2, 0.25) is 0 Å². The van der Waals surface area contributed by atoms with E-state index in [-0.39, 0.29) is 25.0 Å². The molecule has 1 heterocycles. The first-order valence-corrected chi connectivity index (χ1v) is 12.3. The maximum atomic E-state index is 13.2. The van der Waals surface area contributed by atoms with Crippen LogP contribution in [-0.4, -0.2) is 43.8 Å². The lowest BCUT2D eigenvalue weighted by Gasteiger charge is -2.13. The third-order valence-electron chi connectivity index (χ3n) is 5.84. The van der Waals surface area contributed by atoms with Crippen LogP contribution in [0.4, 0.5) is 11.4 Å². The number of rotatable bonds is 9. The third kappa shape index (κ3) is 6.51. The predicted octanol–water partition coefficient (Wildman–Crippen LogP) is 5.00. The van der Waals surface area contributed by atoms with Crippen LogP contribution in [0.3, 0.4) is 0 Å². The quantitative estimate of drug-likeness (QED) is 0.310. The zero-order chi connectivity index (χ0) is 27.9. The molecule has 1 aliphatic heterocycles. The van der Waals surface area contributed by atoms with Gasteiger partial charge in [0, 0.05) is 5.69 Å². The van der Waals surface area contributed by atoms with Crippen LogP contribution in [0.15, 0.2) is 77.4 Å². The molecule has 3 aromatic rings. The first-order valence-electron chi connectivity index (χ1n) is 12.3. The van der Waals surface area contributed by atoms with Gasteiger partial charge in [-0.25, -0.2) is 4.79 Å². The summed E-state index contributed by atoms with van der Waals surface area (Å²) in [6.07, 6.45) is 1.71. The second kappa shape index (κ2) is 12.1. The van der Waals surface area contributed by atoms with Crippen molar-refractivity contribution in [1.29, 1.82) is 0 Å². The molecule has 9 nitrogen and oxygen atoms in total. The Morgan fingerprint density at radius 1 is 1.00 bits per heavy atom. The summed E-state index contributed by atoms with van der Waals surface area (Å²) >= 11 is 0. The standard InChI is InChI=1S/C30H29N3O6/c1-5-38-30(36)22-10-12-24(13-11-22)33-29(35)25(20(3)32-33)16-21-9-14-26(27(17-21)37-4)39-18-28(34)31-23-8-6-7-19(2)15-23/h6-17H,5,18H2,1-4H3,(H,31,34)/b25-16-. The van der Waals surface area contributed by atoms with Gasteiger partial charge in [-0.05, 0) is 86.5 Å². The van der Waals surface area contributed by atoms with Crippen molar-refractivity contribution in [3.05, 3.63) is 89.0 Å². The highest BCUT2D eigenvalue weighted by molar-refractivity contribution is 6.32. The van der Waals surface area contributed by atoms with Gasteiger partial charge in [0.05, 0.1) is 36.3 Å². The van der Waals surface area contributed by atoms with Crippen molar-refractivity contribution in [1.82, 2.24) is 0 Å². The second-order valence-electron chi connectivity index (χ2n) is 8.74. The molecule has 0 radical (unpaired) electrons. The van der Waals surface area contributed by atoms with Crippen molar-refractivity contribution in [3.63, 3.8) is 0 Å². The number of anilines is 2. The molecule has 9 heteroatoms. The van der Waals surface area contributed by atoms with E-state index in [2.05, 4.69) is 10.4 Å². The minimum Gasteiger partial charge on any atom is -0.493 e. The number of carbonyl (C=O) groups excluding carboxylic acids is 3. The van der Waals surface area contributed by atoms with Crippen molar-refractivity contribution >= 4 is 40.9 Å². The molecule has 4 rings (SSSR count). The van der Waals surface area contributed by atoms with Crippen molar-refractivity contribution in [2.45, 2.75) is 20.8 Å². The number of carbonyl (C=O) groups is 3. The van der Waals surface area contributed by atoms with Gasteiger partial charge in [-0.15, -0.1) is 0 Å². The maximum absolute atomic E-state index is 13.2. The molecular weight excluding hydrogens is 498 g/mol. The number of hydrogen-bond donors (Lipinski definition) is 1. The van der Waals surface area contributed by atoms with Gasteiger partial charge >= 0.3 is 5.97 Å². The number of hydrazone groups is 1. The Balaban J connectivity index is 1.44. The van der Waals surface area contributed by atoms with E-state index < -0.39 is 5.97 Å². The molecule has 1 N–H and O–H groups in total. The van der Waals surface area contributed by atoms with Gasteiger partial charge in [0.2, 0.25) is 0 Å². The molecule has 200 valence electrons. The van der Waals surface area contributed by atoms with Gasteiger partial charge in [-0.3, -0.25) is 9.59 Å². The zero-order valence-corrected chi connectivity index (χ0v) is 22.2. The monoisotopic (exact) mass is 527 g/mol. The Labute approximate surface area is 226 Å². The first kappa shape index (κ1) is 27.1. The van der Waals surface area contributed by atoms with Crippen molar-refractivity contribution in [3.8, 4) is 11.5 Å². The number of amides is 2. The summed E-state index contributed by atoms with van der Waals surface area (Å²) in [5, 5.41) is 8.48.